The van der Waals surface area contributed by atoms with E-state index in [0.29, 0.717) is 36.8 Å². The number of benzene rings is 2. The molecule has 5 N–H and O–H groups in total. The average Bonchev–Trinajstić information content (AvgIpc) is 3.12. The Morgan fingerprint density at radius 3 is 2.46 bits per heavy atom. The zero-order chi connectivity index (χ0) is 33.6. The molecular weight excluding hydrogens is 600 g/mol. The normalized spacial score (nSPS) is 16.6. The third kappa shape index (κ3) is 10.9. The average molecular weight is 651 g/mol. The van der Waals surface area contributed by atoms with Gasteiger partial charge in [-0.3, -0.25) is 15.1 Å². The van der Waals surface area contributed by atoms with E-state index in [2.05, 4.69) is 43.0 Å². The number of hydrogen-bond donors (Lipinski definition) is 5. The third-order valence-corrected chi connectivity index (χ3v) is 9.36. The highest BCUT2D eigenvalue weighted by atomic mass is 16.3. The molecule has 2 unspecified atom stereocenters. The zero-order valence-electron chi connectivity index (χ0n) is 28.1. The van der Waals surface area contributed by atoms with Crippen LogP contribution in [0.25, 0.3) is 0 Å². The number of piperidine rings is 1. The number of nitrogens with one attached hydrogen (secondary N) is 4. The molecule has 2 fully saturated rings. The van der Waals surface area contributed by atoms with Crippen molar-refractivity contribution in [1.29, 1.82) is 0 Å². The molecule has 2 aromatic carbocycles. The van der Waals surface area contributed by atoms with Crippen LogP contribution in [0.2, 0.25) is 0 Å². The summed E-state index contributed by atoms with van der Waals surface area (Å²) in [5.74, 6) is 6.22. The molecule has 1 saturated heterocycles. The number of aromatic nitrogens is 1. The lowest BCUT2D eigenvalue weighted by atomic mass is 9.91. The molecule has 3 amide bonds. The lowest BCUT2D eigenvalue weighted by Gasteiger charge is -2.29. The lowest BCUT2D eigenvalue weighted by molar-refractivity contribution is 0.0914. The number of hydrogen-bond acceptors (Lipinski definition) is 6. The fraction of sp³-hybridized carbons (Fsp3) is 0.462. The van der Waals surface area contributed by atoms with Crippen LogP contribution in [0, 0.1) is 11.8 Å². The van der Waals surface area contributed by atoms with Gasteiger partial charge >= 0.3 is 6.03 Å². The first kappa shape index (κ1) is 35.1. The summed E-state index contributed by atoms with van der Waals surface area (Å²) in [7, 11) is 0. The molecule has 0 spiro atoms. The van der Waals surface area contributed by atoms with Crippen LogP contribution < -0.4 is 21.3 Å². The van der Waals surface area contributed by atoms with Gasteiger partial charge in [-0.2, -0.15) is 0 Å². The highest BCUT2D eigenvalue weighted by Gasteiger charge is 2.23. The van der Waals surface area contributed by atoms with Crippen molar-refractivity contribution >= 4 is 17.6 Å². The molecule has 2 atom stereocenters. The van der Waals surface area contributed by atoms with Gasteiger partial charge in [0.2, 0.25) is 0 Å². The van der Waals surface area contributed by atoms with Gasteiger partial charge in [0, 0.05) is 66.4 Å². The maximum atomic E-state index is 12.7. The van der Waals surface area contributed by atoms with Crippen LogP contribution in [0.4, 0.5) is 10.5 Å². The van der Waals surface area contributed by atoms with Gasteiger partial charge in [0.15, 0.2) is 0 Å². The van der Waals surface area contributed by atoms with E-state index in [4.69, 9.17) is 0 Å². The fourth-order valence-electron chi connectivity index (χ4n) is 6.46. The Hall–Kier alpha value is -4.23. The van der Waals surface area contributed by atoms with E-state index < -0.39 is 6.23 Å². The molecule has 9 heteroatoms. The summed E-state index contributed by atoms with van der Waals surface area (Å²) in [6, 6.07) is 16.8. The number of urea groups is 1. The molecule has 1 aliphatic carbocycles. The number of aliphatic hydroxyl groups excluding tert-OH is 1. The molecular formula is C39H50N6O3. The molecule has 1 saturated carbocycles. The smallest absolute Gasteiger partial charge is 0.319 e. The van der Waals surface area contributed by atoms with Crippen LogP contribution in [0.1, 0.15) is 96.8 Å². The van der Waals surface area contributed by atoms with Crippen molar-refractivity contribution < 1.29 is 14.7 Å². The van der Waals surface area contributed by atoms with Crippen LogP contribution >= 0.6 is 0 Å². The highest BCUT2D eigenvalue weighted by molar-refractivity contribution is 5.94. The van der Waals surface area contributed by atoms with Crippen molar-refractivity contribution in [2.45, 2.75) is 82.9 Å². The minimum absolute atomic E-state index is 0.0837. The van der Waals surface area contributed by atoms with Crippen molar-refractivity contribution in [3.8, 4) is 11.8 Å². The molecule has 2 heterocycles. The van der Waals surface area contributed by atoms with Gasteiger partial charge in [-0.15, -0.1) is 0 Å². The quantitative estimate of drug-likeness (QED) is 0.132. The second-order valence-electron chi connectivity index (χ2n) is 13.0. The van der Waals surface area contributed by atoms with Crippen LogP contribution in [-0.4, -0.2) is 71.9 Å². The number of carbonyl (C=O) groups excluding carboxylic acids is 2. The Kier molecular flexibility index (Phi) is 13.4. The summed E-state index contributed by atoms with van der Waals surface area (Å²) in [4.78, 5) is 32.0. The summed E-state index contributed by atoms with van der Waals surface area (Å²) in [6.07, 6.45) is 13.0. The van der Waals surface area contributed by atoms with Crippen LogP contribution in [0.5, 0.6) is 0 Å². The largest absolute Gasteiger partial charge is 0.378 e. The van der Waals surface area contributed by atoms with E-state index in [-0.39, 0.29) is 17.9 Å². The molecule has 1 aromatic heterocycles. The first-order valence-electron chi connectivity index (χ1n) is 17.6. The number of rotatable bonds is 12. The van der Waals surface area contributed by atoms with Gasteiger partial charge in [0.1, 0.15) is 6.23 Å². The molecule has 48 heavy (non-hydrogen) atoms. The molecule has 2 aliphatic rings. The van der Waals surface area contributed by atoms with Gasteiger partial charge in [0.05, 0.1) is 0 Å². The van der Waals surface area contributed by atoms with E-state index in [1.54, 1.807) is 24.5 Å². The summed E-state index contributed by atoms with van der Waals surface area (Å²) >= 11 is 0. The molecule has 5 rings (SSSR count). The predicted octanol–water partition coefficient (Wildman–Crippen LogP) is 5.41. The second-order valence-corrected chi connectivity index (χ2v) is 13.0. The van der Waals surface area contributed by atoms with E-state index in [1.807, 2.05) is 49.4 Å². The number of aliphatic hydroxyl groups is 1. The Bertz CT molecular complexity index is 1520. The number of amides is 3. The Morgan fingerprint density at radius 2 is 1.71 bits per heavy atom. The van der Waals surface area contributed by atoms with Gasteiger partial charge in [-0.1, -0.05) is 56.6 Å². The Balaban J connectivity index is 1.25. The summed E-state index contributed by atoms with van der Waals surface area (Å²) in [6.45, 7) is 6.21. The molecule has 254 valence electrons. The van der Waals surface area contributed by atoms with E-state index in [0.717, 1.165) is 54.7 Å². The number of pyridine rings is 1. The maximum Gasteiger partial charge on any atom is 0.319 e. The molecule has 9 nitrogen and oxygen atoms in total. The fourth-order valence-corrected chi connectivity index (χ4v) is 6.46. The summed E-state index contributed by atoms with van der Waals surface area (Å²) < 4.78 is 0. The van der Waals surface area contributed by atoms with Crippen LogP contribution in [0.3, 0.4) is 0 Å². The molecule has 0 bridgehead atoms. The summed E-state index contributed by atoms with van der Waals surface area (Å²) in [5, 5.41) is 23.5. The molecule has 0 radical (unpaired) electrons. The van der Waals surface area contributed by atoms with Crippen LogP contribution in [0.15, 0.2) is 67.0 Å². The van der Waals surface area contributed by atoms with Crippen molar-refractivity contribution in [3.63, 3.8) is 0 Å². The number of nitrogens with zero attached hydrogens (tertiary/aromatic N) is 2. The second kappa shape index (κ2) is 18.3. The lowest BCUT2D eigenvalue weighted by Crippen LogP contribution is -2.42. The van der Waals surface area contributed by atoms with Crippen molar-refractivity contribution in [1.82, 2.24) is 25.8 Å². The minimum atomic E-state index is -0.726. The maximum absolute atomic E-state index is 12.7. The van der Waals surface area contributed by atoms with E-state index >= 15 is 0 Å². The number of carbonyl (C=O) groups is 2. The SMILES string of the molecule is CC(c1ccc(NC(=O)NCCc2cccnc2)cc1C#Cc1ccc(C(=O)NCCN2CCCCC2)cc1)C(O)NC1CCCCC1. The topological polar surface area (TPSA) is 119 Å². The van der Waals surface area contributed by atoms with Gasteiger partial charge in [0.25, 0.3) is 5.91 Å². The number of likely N-dealkylation sites (tertiary alicyclic amines) is 1. The first-order chi connectivity index (χ1) is 23.4. The van der Waals surface area contributed by atoms with E-state index in [1.165, 1.54) is 38.5 Å². The van der Waals surface area contributed by atoms with Crippen molar-refractivity contribution in [3.05, 3.63) is 94.8 Å². The Morgan fingerprint density at radius 1 is 0.938 bits per heavy atom. The number of anilines is 1. The van der Waals surface area contributed by atoms with Gasteiger partial charge in [-0.25, -0.2) is 4.79 Å². The zero-order valence-corrected chi connectivity index (χ0v) is 28.1. The monoisotopic (exact) mass is 650 g/mol. The molecule has 3 aromatic rings. The van der Waals surface area contributed by atoms with E-state index in [9.17, 15) is 14.7 Å². The molecule has 1 aliphatic heterocycles. The first-order valence-corrected chi connectivity index (χ1v) is 17.6. The van der Waals surface area contributed by atoms with Crippen molar-refractivity contribution in [2.75, 3.05) is 38.0 Å². The van der Waals surface area contributed by atoms with Crippen molar-refractivity contribution in [2.24, 2.45) is 0 Å². The minimum Gasteiger partial charge on any atom is -0.378 e. The Labute approximate surface area is 285 Å². The standard InChI is InChI=1S/C39H50N6O3/c1-29(37(46)43-34-10-4-2-5-11-34)36-19-18-35(44-39(48)42-22-20-31-9-8-21-40-28-31)27-33(36)17-14-30-12-15-32(16-13-30)38(47)41-23-26-45-24-6-3-7-25-45/h8-9,12-13,15-16,18-19,21,27-29,34,37,43,46H,2-7,10-11,20,22-26H2,1H3,(H,41,47)(H2,42,44,48). The highest BCUT2D eigenvalue weighted by Crippen LogP contribution is 2.27. The summed E-state index contributed by atoms with van der Waals surface area (Å²) in [5.41, 5.74) is 4.65. The predicted molar refractivity (Wildman–Crippen MR) is 191 cm³/mol. The van der Waals surface area contributed by atoms with Crippen LogP contribution in [-0.2, 0) is 6.42 Å². The van der Waals surface area contributed by atoms with Gasteiger partial charge < -0.3 is 26.0 Å². The third-order valence-electron chi connectivity index (χ3n) is 9.36. The van der Waals surface area contributed by atoms with Gasteiger partial charge in [-0.05, 0) is 98.8 Å².